The molecule has 0 saturated heterocycles. The van der Waals surface area contributed by atoms with E-state index in [2.05, 4.69) is 43.5 Å². The fourth-order valence-corrected chi connectivity index (χ4v) is 7.69. The molecule has 0 bridgehead atoms. The molecule has 0 rings (SSSR count). The molecule has 0 heterocycles. The molecule has 0 aliphatic heterocycles. The summed E-state index contributed by atoms with van der Waals surface area (Å²) in [6.07, 6.45) is 56.5. The summed E-state index contributed by atoms with van der Waals surface area (Å²) >= 11 is 0. The van der Waals surface area contributed by atoms with Gasteiger partial charge in [-0.25, -0.2) is 0 Å². The Bertz CT molecular complexity index is 814. The molecule has 1 amide bonds. The van der Waals surface area contributed by atoms with Crippen LogP contribution in [0.1, 0.15) is 264 Å². The number of carbonyl (C=O) groups excluding carboxylic acids is 1. The van der Waals surface area contributed by atoms with E-state index in [1.165, 1.54) is 199 Å². The lowest BCUT2D eigenvalue weighted by Gasteiger charge is -2.23. The zero-order valence-electron chi connectivity index (χ0n) is 37.1. The monoisotopic (exact) mass is 776 g/mol. The average Bonchev–Trinajstić information content (AvgIpc) is 3.19. The molecule has 5 heteroatoms. The molecule has 0 aliphatic rings. The zero-order valence-corrected chi connectivity index (χ0v) is 37.1. The van der Waals surface area contributed by atoms with Crippen LogP contribution >= 0.6 is 0 Å². The summed E-state index contributed by atoms with van der Waals surface area (Å²) in [5, 5.41) is 33.2. The number of carbonyl (C=O) groups is 1. The van der Waals surface area contributed by atoms with Crippen molar-refractivity contribution in [1.29, 1.82) is 0 Å². The Morgan fingerprint density at radius 2 is 0.745 bits per heavy atom. The number of hydrogen-bond donors (Lipinski definition) is 4. The van der Waals surface area contributed by atoms with Crippen molar-refractivity contribution in [1.82, 2.24) is 5.32 Å². The Morgan fingerprint density at radius 3 is 1.09 bits per heavy atom. The Kier molecular flexibility index (Phi) is 44.6. The van der Waals surface area contributed by atoms with E-state index in [4.69, 9.17) is 0 Å². The number of unbranched alkanes of at least 4 members (excludes halogenated alkanes) is 33. The summed E-state index contributed by atoms with van der Waals surface area (Å²) in [5.41, 5.74) is 0. The molecule has 0 aromatic rings. The van der Waals surface area contributed by atoms with Gasteiger partial charge in [0.15, 0.2) is 0 Å². The molecule has 5 nitrogen and oxygen atoms in total. The second kappa shape index (κ2) is 45.5. The summed E-state index contributed by atoms with van der Waals surface area (Å²) in [7, 11) is 0. The predicted molar refractivity (Wildman–Crippen MR) is 241 cm³/mol. The van der Waals surface area contributed by atoms with Crippen molar-refractivity contribution >= 4 is 5.91 Å². The third-order valence-corrected chi connectivity index (χ3v) is 11.6. The minimum Gasteiger partial charge on any atom is -0.394 e. The number of nitrogens with one attached hydrogen (secondary N) is 1. The normalized spacial score (nSPS) is 13.6. The van der Waals surface area contributed by atoms with Crippen molar-refractivity contribution in [3.05, 3.63) is 24.3 Å². The zero-order chi connectivity index (χ0) is 40.1. The fourth-order valence-electron chi connectivity index (χ4n) is 7.69. The number of amides is 1. The highest BCUT2D eigenvalue weighted by Gasteiger charge is 2.23. The molecule has 0 aromatic heterocycles. The van der Waals surface area contributed by atoms with E-state index in [0.717, 1.165) is 38.5 Å². The Balaban J connectivity index is 3.47. The van der Waals surface area contributed by atoms with Gasteiger partial charge in [0.05, 0.1) is 18.8 Å². The molecule has 0 radical (unpaired) electrons. The molecule has 326 valence electrons. The molecule has 0 fully saturated rings. The van der Waals surface area contributed by atoms with Gasteiger partial charge in [0.2, 0.25) is 5.91 Å². The lowest BCUT2D eigenvalue weighted by atomic mass is 10.0. The van der Waals surface area contributed by atoms with Gasteiger partial charge < -0.3 is 20.6 Å². The molecular weight excluding hydrogens is 679 g/mol. The molecule has 55 heavy (non-hydrogen) atoms. The van der Waals surface area contributed by atoms with Crippen LogP contribution < -0.4 is 5.32 Å². The van der Waals surface area contributed by atoms with Gasteiger partial charge in [0.1, 0.15) is 6.10 Å². The first kappa shape index (κ1) is 53.8. The fraction of sp³-hybridized carbons (Fsp3) is 0.900. The van der Waals surface area contributed by atoms with Crippen LogP contribution in [0.5, 0.6) is 0 Å². The SMILES string of the molecule is CCCCCCCCCCC/C=C\C/C=C\CCCCCCCCCCCCCCCCCCC(O)C(=O)NC(CO)C(O)CCCCCCCCCCC. The van der Waals surface area contributed by atoms with Crippen molar-refractivity contribution in [2.45, 2.75) is 283 Å². The summed E-state index contributed by atoms with van der Waals surface area (Å²) < 4.78 is 0. The number of aliphatic hydroxyl groups is 3. The number of aliphatic hydroxyl groups excluding tert-OH is 3. The highest BCUT2D eigenvalue weighted by molar-refractivity contribution is 5.80. The van der Waals surface area contributed by atoms with Gasteiger partial charge >= 0.3 is 0 Å². The number of allylic oxidation sites excluding steroid dienone is 4. The van der Waals surface area contributed by atoms with E-state index in [0.29, 0.717) is 12.8 Å². The Labute approximate surface area is 343 Å². The Hall–Kier alpha value is -1.17. The van der Waals surface area contributed by atoms with Crippen LogP contribution in [0.15, 0.2) is 24.3 Å². The molecule has 0 aromatic carbocycles. The topological polar surface area (TPSA) is 89.8 Å². The largest absolute Gasteiger partial charge is 0.394 e. The Morgan fingerprint density at radius 1 is 0.436 bits per heavy atom. The van der Waals surface area contributed by atoms with Crippen LogP contribution in [0.3, 0.4) is 0 Å². The van der Waals surface area contributed by atoms with Gasteiger partial charge in [0.25, 0.3) is 0 Å². The van der Waals surface area contributed by atoms with Crippen molar-refractivity contribution in [3.63, 3.8) is 0 Å². The first-order valence-electron chi connectivity index (χ1n) is 24.6. The molecule has 0 saturated carbocycles. The molecule has 3 atom stereocenters. The first-order valence-corrected chi connectivity index (χ1v) is 24.6. The van der Waals surface area contributed by atoms with E-state index in [9.17, 15) is 20.1 Å². The first-order chi connectivity index (χ1) is 27.1. The highest BCUT2D eigenvalue weighted by atomic mass is 16.3. The maximum atomic E-state index is 12.5. The van der Waals surface area contributed by atoms with E-state index in [1.807, 2.05) is 0 Å². The molecule has 4 N–H and O–H groups in total. The molecule has 3 unspecified atom stereocenters. The van der Waals surface area contributed by atoms with Gasteiger partial charge in [-0.05, 0) is 44.9 Å². The average molecular weight is 776 g/mol. The molecular formula is C50H97NO4. The van der Waals surface area contributed by atoms with Crippen LogP contribution in [0, 0.1) is 0 Å². The standard InChI is InChI=1S/C50H97NO4/c1-3-5-7-9-11-13-14-15-16-17-18-19-20-21-22-23-24-25-26-27-28-29-30-31-32-33-34-35-37-39-41-43-45-49(54)50(55)51-47(46-52)48(53)44-42-40-38-36-12-10-8-6-4-2/h18-19,21-22,47-49,52-54H,3-17,20,23-46H2,1-2H3,(H,51,55)/b19-18-,22-21-. The smallest absolute Gasteiger partial charge is 0.249 e. The van der Waals surface area contributed by atoms with Crippen LogP contribution in [-0.2, 0) is 4.79 Å². The summed E-state index contributed by atoms with van der Waals surface area (Å²) in [6, 6.07) is -0.707. The van der Waals surface area contributed by atoms with E-state index in [1.54, 1.807) is 0 Å². The number of hydrogen-bond acceptors (Lipinski definition) is 4. The second-order valence-electron chi connectivity index (χ2n) is 17.0. The maximum absolute atomic E-state index is 12.5. The quantitative estimate of drug-likeness (QED) is 0.0366. The molecule has 0 spiro atoms. The van der Waals surface area contributed by atoms with Gasteiger partial charge in [-0.15, -0.1) is 0 Å². The maximum Gasteiger partial charge on any atom is 0.249 e. The van der Waals surface area contributed by atoms with Crippen LogP contribution in [0.4, 0.5) is 0 Å². The van der Waals surface area contributed by atoms with Crippen LogP contribution in [0.25, 0.3) is 0 Å². The van der Waals surface area contributed by atoms with Crippen molar-refractivity contribution in [3.8, 4) is 0 Å². The van der Waals surface area contributed by atoms with Crippen molar-refractivity contribution in [2.24, 2.45) is 0 Å². The lowest BCUT2D eigenvalue weighted by molar-refractivity contribution is -0.131. The van der Waals surface area contributed by atoms with E-state index in [-0.39, 0.29) is 6.61 Å². The van der Waals surface area contributed by atoms with Gasteiger partial charge in [-0.2, -0.15) is 0 Å². The predicted octanol–water partition coefficient (Wildman–Crippen LogP) is 14.6. The van der Waals surface area contributed by atoms with E-state index >= 15 is 0 Å². The molecule has 0 aliphatic carbocycles. The van der Waals surface area contributed by atoms with Crippen LogP contribution in [-0.4, -0.2) is 46.1 Å². The van der Waals surface area contributed by atoms with Gasteiger partial charge in [-0.3, -0.25) is 4.79 Å². The lowest BCUT2D eigenvalue weighted by Crippen LogP contribution is -2.49. The van der Waals surface area contributed by atoms with Gasteiger partial charge in [-0.1, -0.05) is 244 Å². The van der Waals surface area contributed by atoms with E-state index < -0.39 is 24.2 Å². The minimum atomic E-state index is -1.07. The van der Waals surface area contributed by atoms with Gasteiger partial charge in [0, 0.05) is 0 Å². The highest BCUT2D eigenvalue weighted by Crippen LogP contribution is 2.16. The van der Waals surface area contributed by atoms with Crippen molar-refractivity contribution < 1.29 is 20.1 Å². The van der Waals surface area contributed by atoms with Crippen LogP contribution in [0.2, 0.25) is 0 Å². The third-order valence-electron chi connectivity index (χ3n) is 11.6. The number of rotatable bonds is 45. The third kappa shape index (κ3) is 40.8. The summed E-state index contributed by atoms with van der Waals surface area (Å²) in [4.78, 5) is 12.5. The second-order valence-corrected chi connectivity index (χ2v) is 17.0. The summed E-state index contributed by atoms with van der Waals surface area (Å²) in [6.45, 7) is 4.21. The van der Waals surface area contributed by atoms with Crippen molar-refractivity contribution in [2.75, 3.05) is 6.61 Å². The minimum absolute atomic E-state index is 0.312. The summed E-state index contributed by atoms with van der Waals surface area (Å²) in [5.74, 6) is -0.471.